The molecule has 1 spiro atoms. The summed E-state index contributed by atoms with van der Waals surface area (Å²) >= 11 is 0. The maximum Gasteiger partial charge on any atom is 0.122 e. The normalized spacial score (nSPS) is 23.7. The Bertz CT molecular complexity index is 673. The van der Waals surface area contributed by atoms with E-state index in [1.807, 2.05) is 24.5 Å². The highest BCUT2D eigenvalue weighted by molar-refractivity contribution is 5.01. The maximum absolute atomic E-state index is 6.32. The topological polar surface area (TPSA) is 46.7 Å². The fraction of sp³-hybridized carbons (Fsp3) is 0.632. The molecular weight excluding hydrogens is 316 g/mol. The van der Waals surface area contributed by atoms with Gasteiger partial charge in [0.2, 0.25) is 0 Å². The highest BCUT2D eigenvalue weighted by atomic mass is 16.5. The van der Waals surface area contributed by atoms with Gasteiger partial charge in [0.15, 0.2) is 0 Å². The summed E-state index contributed by atoms with van der Waals surface area (Å²) in [6.07, 6.45) is 8.99. The highest BCUT2D eigenvalue weighted by Gasteiger charge is 2.43. The lowest BCUT2D eigenvalue weighted by molar-refractivity contribution is -0.0457. The molecule has 0 aromatic carbocycles. The Morgan fingerprint density at radius 1 is 1.36 bits per heavy atom. The Kier molecular flexibility index (Phi) is 4.67. The molecule has 6 nitrogen and oxygen atoms in total. The summed E-state index contributed by atoms with van der Waals surface area (Å²) in [5, 5.41) is 0. The standard InChI is InChI=1S/C19H28N4O2/c1-21-10-7-20-18(21)14-23-8-5-19(6-9-23)12-16(15-25-19)22(2)13-17-4-3-11-24-17/h3-4,7,10-11,16H,5-6,8-9,12-15H2,1-2H3. The largest absolute Gasteiger partial charge is 0.468 e. The molecule has 0 amide bonds. The molecule has 2 aromatic heterocycles. The van der Waals surface area contributed by atoms with E-state index in [2.05, 4.69) is 33.4 Å². The van der Waals surface area contributed by atoms with Gasteiger partial charge in [-0.3, -0.25) is 9.80 Å². The third-order valence-electron chi connectivity index (χ3n) is 5.85. The summed E-state index contributed by atoms with van der Waals surface area (Å²) in [5.41, 5.74) is 0.0697. The van der Waals surface area contributed by atoms with E-state index < -0.39 is 0 Å². The van der Waals surface area contributed by atoms with Crippen LogP contribution in [0.1, 0.15) is 30.8 Å². The Balaban J connectivity index is 1.29. The number of rotatable bonds is 5. The van der Waals surface area contributed by atoms with Crippen molar-refractivity contribution in [1.29, 1.82) is 0 Å². The van der Waals surface area contributed by atoms with Gasteiger partial charge in [-0.25, -0.2) is 4.98 Å². The van der Waals surface area contributed by atoms with Crippen LogP contribution >= 0.6 is 0 Å². The molecule has 4 heterocycles. The number of aromatic nitrogens is 2. The second-order valence-corrected chi connectivity index (χ2v) is 7.58. The molecule has 2 saturated heterocycles. The summed E-state index contributed by atoms with van der Waals surface area (Å²) in [6, 6.07) is 4.47. The van der Waals surface area contributed by atoms with E-state index in [1.54, 1.807) is 6.26 Å². The van der Waals surface area contributed by atoms with Gasteiger partial charge in [0, 0.05) is 38.6 Å². The number of likely N-dealkylation sites (tertiary alicyclic amines) is 1. The molecule has 25 heavy (non-hydrogen) atoms. The zero-order valence-corrected chi connectivity index (χ0v) is 15.2. The van der Waals surface area contributed by atoms with Crippen molar-refractivity contribution in [3.63, 3.8) is 0 Å². The predicted molar refractivity (Wildman–Crippen MR) is 95.0 cm³/mol. The molecule has 6 heteroatoms. The molecule has 0 N–H and O–H groups in total. The Labute approximate surface area is 149 Å². The van der Waals surface area contributed by atoms with Gasteiger partial charge in [-0.05, 0) is 38.4 Å². The van der Waals surface area contributed by atoms with Crippen molar-refractivity contribution in [3.05, 3.63) is 42.4 Å². The molecule has 0 aliphatic carbocycles. The fourth-order valence-electron chi connectivity index (χ4n) is 4.10. The zero-order chi connectivity index (χ0) is 17.3. The van der Waals surface area contributed by atoms with Crippen LogP contribution in [0.2, 0.25) is 0 Å². The molecule has 136 valence electrons. The van der Waals surface area contributed by atoms with E-state index in [-0.39, 0.29) is 5.60 Å². The molecule has 0 saturated carbocycles. The van der Waals surface area contributed by atoms with Crippen molar-refractivity contribution < 1.29 is 9.15 Å². The second kappa shape index (κ2) is 6.94. The van der Waals surface area contributed by atoms with E-state index in [0.29, 0.717) is 6.04 Å². The maximum atomic E-state index is 6.32. The van der Waals surface area contributed by atoms with Crippen LogP contribution in [0, 0.1) is 0 Å². The van der Waals surface area contributed by atoms with Crippen LogP contribution in [0.25, 0.3) is 0 Å². The van der Waals surface area contributed by atoms with Crippen molar-refractivity contribution in [1.82, 2.24) is 19.4 Å². The first-order chi connectivity index (χ1) is 12.1. The lowest BCUT2D eigenvalue weighted by atomic mass is 9.87. The number of hydrogen-bond donors (Lipinski definition) is 0. The lowest BCUT2D eigenvalue weighted by Crippen LogP contribution is -2.44. The first-order valence-electron chi connectivity index (χ1n) is 9.19. The summed E-state index contributed by atoms with van der Waals surface area (Å²) in [7, 11) is 4.24. The first-order valence-corrected chi connectivity index (χ1v) is 9.19. The molecule has 0 radical (unpaired) electrons. The van der Waals surface area contributed by atoms with E-state index in [0.717, 1.165) is 63.6 Å². The minimum Gasteiger partial charge on any atom is -0.468 e. The fourth-order valence-corrected chi connectivity index (χ4v) is 4.10. The van der Waals surface area contributed by atoms with Gasteiger partial charge in [0.05, 0.1) is 31.6 Å². The van der Waals surface area contributed by atoms with Crippen molar-refractivity contribution in [3.8, 4) is 0 Å². The molecule has 2 aliphatic heterocycles. The number of nitrogens with zero attached hydrogens (tertiary/aromatic N) is 4. The van der Waals surface area contributed by atoms with Crippen molar-refractivity contribution in [2.45, 2.75) is 44.0 Å². The van der Waals surface area contributed by atoms with E-state index in [9.17, 15) is 0 Å². The van der Waals surface area contributed by atoms with E-state index in [1.165, 1.54) is 0 Å². The molecule has 1 atom stereocenters. The molecule has 1 unspecified atom stereocenters. The minimum absolute atomic E-state index is 0.0697. The van der Waals surface area contributed by atoms with Crippen molar-refractivity contribution in [2.24, 2.45) is 7.05 Å². The average Bonchev–Trinajstić information content (AvgIpc) is 3.33. The zero-order valence-electron chi connectivity index (χ0n) is 15.2. The van der Waals surface area contributed by atoms with Crippen LogP contribution in [0.4, 0.5) is 0 Å². The number of imidazole rings is 1. The Morgan fingerprint density at radius 2 is 2.20 bits per heavy atom. The average molecular weight is 344 g/mol. The third-order valence-corrected chi connectivity index (χ3v) is 5.85. The molecule has 2 aliphatic rings. The van der Waals surface area contributed by atoms with Crippen molar-refractivity contribution >= 4 is 0 Å². The smallest absolute Gasteiger partial charge is 0.122 e. The van der Waals surface area contributed by atoms with Gasteiger partial charge in [0.25, 0.3) is 0 Å². The van der Waals surface area contributed by atoms with Crippen LogP contribution in [-0.2, 0) is 24.9 Å². The number of hydrogen-bond acceptors (Lipinski definition) is 5. The number of likely N-dealkylation sites (N-methyl/N-ethyl adjacent to an activating group) is 1. The lowest BCUT2D eigenvalue weighted by Gasteiger charge is -2.38. The number of furan rings is 1. The summed E-state index contributed by atoms with van der Waals surface area (Å²) in [5.74, 6) is 2.16. The summed E-state index contributed by atoms with van der Waals surface area (Å²) in [6.45, 7) is 4.78. The molecule has 0 bridgehead atoms. The summed E-state index contributed by atoms with van der Waals surface area (Å²) in [4.78, 5) is 9.31. The molecular formula is C19H28N4O2. The molecule has 4 rings (SSSR count). The first kappa shape index (κ1) is 16.8. The molecule has 2 aromatic rings. The van der Waals surface area contributed by atoms with Crippen LogP contribution in [0.5, 0.6) is 0 Å². The van der Waals surface area contributed by atoms with Gasteiger partial charge < -0.3 is 13.7 Å². The second-order valence-electron chi connectivity index (χ2n) is 7.58. The molecule has 2 fully saturated rings. The van der Waals surface area contributed by atoms with Crippen LogP contribution < -0.4 is 0 Å². The van der Waals surface area contributed by atoms with Crippen LogP contribution in [0.15, 0.2) is 35.2 Å². The number of aryl methyl sites for hydroxylation is 1. The van der Waals surface area contributed by atoms with E-state index >= 15 is 0 Å². The Morgan fingerprint density at radius 3 is 2.88 bits per heavy atom. The van der Waals surface area contributed by atoms with Gasteiger partial charge in [-0.2, -0.15) is 0 Å². The van der Waals surface area contributed by atoms with Gasteiger partial charge in [0.1, 0.15) is 11.6 Å². The van der Waals surface area contributed by atoms with Crippen molar-refractivity contribution in [2.75, 3.05) is 26.7 Å². The predicted octanol–water partition coefficient (Wildman–Crippen LogP) is 2.27. The minimum atomic E-state index is 0.0697. The van der Waals surface area contributed by atoms with Gasteiger partial charge in [-0.1, -0.05) is 0 Å². The van der Waals surface area contributed by atoms with Crippen LogP contribution in [-0.4, -0.2) is 57.7 Å². The summed E-state index contributed by atoms with van der Waals surface area (Å²) < 4.78 is 13.9. The van der Waals surface area contributed by atoms with Gasteiger partial charge in [-0.15, -0.1) is 0 Å². The Hall–Kier alpha value is -1.63. The number of ether oxygens (including phenoxy) is 1. The number of piperidine rings is 1. The van der Waals surface area contributed by atoms with Crippen LogP contribution in [0.3, 0.4) is 0 Å². The van der Waals surface area contributed by atoms with E-state index in [4.69, 9.17) is 9.15 Å². The highest BCUT2D eigenvalue weighted by Crippen LogP contribution is 2.37. The SMILES string of the molecule is CN(Cc1ccco1)C1COC2(CCN(Cc3nccn3C)CC2)C1. The monoisotopic (exact) mass is 344 g/mol. The third kappa shape index (κ3) is 3.66. The van der Waals surface area contributed by atoms with Gasteiger partial charge >= 0.3 is 0 Å². The quantitative estimate of drug-likeness (QED) is 0.833.